The summed E-state index contributed by atoms with van der Waals surface area (Å²) in [5.74, 6) is -13.2. The highest BCUT2D eigenvalue weighted by Gasteiger charge is 2.42. The predicted octanol–water partition coefficient (Wildman–Crippen LogP) is 2.85. The van der Waals surface area contributed by atoms with Gasteiger partial charge in [-0.2, -0.15) is 0 Å². The first kappa shape index (κ1) is 18.3. The molecular weight excluding hydrogens is 379 g/mol. The van der Waals surface area contributed by atoms with Crippen molar-refractivity contribution in [2.24, 2.45) is 0 Å². The van der Waals surface area contributed by atoms with E-state index < -0.39 is 56.6 Å². The summed E-state index contributed by atoms with van der Waals surface area (Å²) in [5.41, 5.74) is 0.544. The van der Waals surface area contributed by atoms with Crippen LogP contribution in [0.3, 0.4) is 0 Å². The van der Waals surface area contributed by atoms with Gasteiger partial charge < -0.3 is 0 Å². The molecule has 0 aliphatic rings. The van der Waals surface area contributed by atoms with E-state index in [2.05, 4.69) is 0 Å². The number of benzene rings is 2. The molecule has 2 aromatic carbocycles. The van der Waals surface area contributed by atoms with Gasteiger partial charge in [0.15, 0.2) is 28.2 Å². The van der Waals surface area contributed by atoms with Crippen molar-refractivity contribution in [2.45, 2.75) is 16.7 Å². The molecule has 0 amide bonds. The Kier molecular flexibility index (Phi) is 4.44. The zero-order valence-electron chi connectivity index (χ0n) is 11.6. The van der Waals surface area contributed by atoms with Crippen molar-refractivity contribution in [2.75, 3.05) is 0 Å². The van der Waals surface area contributed by atoms with Gasteiger partial charge in [0, 0.05) is 0 Å². The lowest BCUT2D eigenvalue weighted by atomic mass is 10.2. The van der Waals surface area contributed by atoms with Crippen LogP contribution < -0.4 is 0 Å². The zero-order valence-corrected chi connectivity index (χ0v) is 13.3. The molecule has 0 radical (unpaired) electrons. The minimum Gasteiger partial charge on any atom is -0.207 e. The second kappa shape index (κ2) is 5.81. The third-order valence-corrected chi connectivity index (χ3v) is 8.11. The Morgan fingerprint density at radius 2 is 1.00 bits per heavy atom. The second-order valence-electron chi connectivity index (χ2n) is 4.62. The number of hydrogen-bond acceptors (Lipinski definition) is 4. The number of hydrogen-bond donors (Lipinski definition) is 0. The maximum absolute atomic E-state index is 13.6. The fraction of sp³-hybridized carbons (Fsp3) is 0.0769. The normalized spacial score (nSPS) is 12.4. The monoisotopic (exact) mass is 386 g/mol. The first-order chi connectivity index (χ1) is 10.9. The van der Waals surface area contributed by atoms with Gasteiger partial charge in [-0.3, -0.25) is 0 Å². The Morgan fingerprint density at radius 1 is 0.625 bits per heavy atom. The molecule has 0 bridgehead atoms. The maximum atomic E-state index is 13.6. The summed E-state index contributed by atoms with van der Waals surface area (Å²) in [4.78, 5) is -3.29. The van der Waals surface area contributed by atoms with Crippen LogP contribution in [0, 0.1) is 36.0 Å². The van der Waals surface area contributed by atoms with Crippen LogP contribution in [0.5, 0.6) is 0 Å². The molecule has 0 N–H and O–H groups in total. The van der Waals surface area contributed by atoms with Gasteiger partial charge in [-0.25, -0.2) is 38.8 Å². The number of halogens is 5. The van der Waals surface area contributed by atoms with Gasteiger partial charge in [0.05, 0.1) is 4.90 Å². The molecular formula is C13H7F5O4S2. The molecule has 0 atom stereocenters. The summed E-state index contributed by atoms with van der Waals surface area (Å²) in [6, 6.07) is 4.05. The Morgan fingerprint density at radius 3 is 1.42 bits per heavy atom. The zero-order chi connectivity index (χ0) is 18.4. The van der Waals surface area contributed by atoms with E-state index in [0.717, 1.165) is 12.1 Å². The van der Waals surface area contributed by atoms with Crippen molar-refractivity contribution in [1.82, 2.24) is 0 Å². The standard InChI is InChI=1S/C13H7F5O4S2/c1-6-2-4-7(5-3-6)23(19,20)24(21,22)13-11(17)9(15)8(14)10(16)12(13)18/h2-5H,1H3. The third-order valence-electron chi connectivity index (χ3n) is 3.02. The lowest BCUT2D eigenvalue weighted by molar-refractivity contribution is 0.358. The Balaban J connectivity index is 2.84. The first-order valence-corrected chi connectivity index (χ1v) is 9.49. The minimum absolute atomic E-state index is 0.544. The van der Waals surface area contributed by atoms with E-state index in [-0.39, 0.29) is 0 Å². The fourth-order valence-electron chi connectivity index (χ4n) is 1.75. The summed E-state index contributed by atoms with van der Waals surface area (Å²) in [6.45, 7) is 1.55. The molecule has 24 heavy (non-hydrogen) atoms. The van der Waals surface area contributed by atoms with Crippen LogP contribution >= 0.6 is 0 Å². The molecule has 4 nitrogen and oxygen atoms in total. The van der Waals surface area contributed by atoms with Crippen LogP contribution in [0.25, 0.3) is 0 Å². The van der Waals surface area contributed by atoms with Gasteiger partial charge in [-0.1, -0.05) is 17.7 Å². The average Bonchev–Trinajstić information content (AvgIpc) is 2.51. The van der Waals surface area contributed by atoms with Crippen molar-refractivity contribution in [3.63, 3.8) is 0 Å². The van der Waals surface area contributed by atoms with Crippen LogP contribution in [0.4, 0.5) is 22.0 Å². The van der Waals surface area contributed by atoms with E-state index in [9.17, 15) is 38.8 Å². The van der Waals surface area contributed by atoms with Crippen molar-refractivity contribution in [1.29, 1.82) is 0 Å². The van der Waals surface area contributed by atoms with Crippen molar-refractivity contribution in [3.05, 3.63) is 58.9 Å². The largest absolute Gasteiger partial charge is 0.292 e. The summed E-state index contributed by atoms with van der Waals surface area (Å²) in [6.07, 6.45) is 0. The van der Waals surface area contributed by atoms with Crippen LogP contribution in [-0.4, -0.2) is 16.8 Å². The van der Waals surface area contributed by atoms with Crippen LogP contribution in [0.1, 0.15) is 5.56 Å². The van der Waals surface area contributed by atoms with E-state index in [1.165, 1.54) is 12.1 Å². The number of aryl methyl sites for hydroxylation is 1. The van der Waals surface area contributed by atoms with E-state index in [0.29, 0.717) is 5.56 Å². The lowest BCUT2D eigenvalue weighted by Crippen LogP contribution is -2.21. The van der Waals surface area contributed by atoms with Gasteiger partial charge in [-0.15, -0.1) is 0 Å². The molecule has 0 heterocycles. The quantitative estimate of drug-likeness (QED) is 0.352. The van der Waals surface area contributed by atoms with Crippen molar-refractivity contribution < 1.29 is 38.8 Å². The van der Waals surface area contributed by atoms with E-state index in [4.69, 9.17) is 0 Å². The Bertz CT molecular complexity index is 1000. The Labute approximate surface area is 132 Å². The minimum atomic E-state index is -5.95. The van der Waals surface area contributed by atoms with E-state index >= 15 is 0 Å². The second-order valence-corrected chi connectivity index (χ2v) is 9.95. The van der Waals surface area contributed by atoms with E-state index in [1.54, 1.807) is 6.92 Å². The van der Waals surface area contributed by atoms with E-state index in [1.807, 2.05) is 0 Å². The molecule has 0 fully saturated rings. The molecule has 11 heteroatoms. The van der Waals surface area contributed by atoms with Gasteiger partial charge in [-0.05, 0) is 19.1 Å². The van der Waals surface area contributed by atoms with Crippen LogP contribution in [0.2, 0.25) is 0 Å². The third kappa shape index (κ3) is 2.57. The lowest BCUT2D eigenvalue weighted by Gasteiger charge is -2.10. The maximum Gasteiger partial charge on any atom is 0.292 e. The molecule has 0 saturated heterocycles. The topological polar surface area (TPSA) is 68.3 Å². The fourth-order valence-corrected chi connectivity index (χ4v) is 5.50. The average molecular weight is 386 g/mol. The molecule has 2 rings (SSSR count). The molecule has 0 saturated carbocycles. The molecule has 2 aromatic rings. The highest BCUT2D eigenvalue weighted by molar-refractivity contribution is 8.67. The predicted molar refractivity (Wildman–Crippen MR) is 71.8 cm³/mol. The van der Waals surface area contributed by atoms with Crippen molar-refractivity contribution in [3.8, 4) is 0 Å². The highest BCUT2D eigenvalue weighted by Crippen LogP contribution is 2.32. The van der Waals surface area contributed by atoms with Gasteiger partial charge >= 0.3 is 0 Å². The highest BCUT2D eigenvalue weighted by atomic mass is 33.2. The first-order valence-electron chi connectivity index (χ1n) is 6.01. The summed E-state index contributed by atoms with van der Waals surface area (Å²) in [5, 5.41) is 0. The molecule has 0 aliphatic carbocycles. The summed E-state index contributed by atoms with van der Waals surface area (Å²) < 4.78 is 115. The van der Waals surface area contributed by atoms with Gasteiger partial charge in [0.25, 0.3) is 17.7 Å². The molecule has 0 spiro atoms. The summed E-state index contributed by atoms with van der Waals surface area (Å²) >= 11 is 0. The SMILES string of the molecule is Cc1ccc(S(=O)(=O)S(=O)(=O)c2c(F)c(F)c(F)c(F)c2F)cc1. The molecule has 0 aromatic heterocycles. The molecule has 130 valence electrons. The number of rotatable bonds is 3. The summed E-state index contributed by atoms with van der Waals surface area (Å²) in [7, 11) is -11.4. The molecule has 0 unspecified atom stereocenters. The Hall–Kier alpha value is -2.01. The van der Waals surface area contributed by atoms with Crippen LogP contribution in [0.15, 0.2) is 34.1 Å². The van der Waals surface area contributed by atoms with Crippen LogP contribution in [-0.2, 0) is 17.7 Å². The van der Waals surface area contributed by atoms with Gasteiger partial charge in [0.1, 0.15) is 0 Å². The van der Waals surface area contributed by atoms with Gasteiger partial charge in [0.2, 0.25) is 5.82 Å². The van der Waals surface area contributed by atoms with Crippen molar-refractivity contribution >= 4 is 17.7 Å². The molecule has 0 aliphatic heterocycles. The smallest absolute Gasteiger partial charge is 0.207 e.